The van der Waals surface area contributed by atoms with Crippen LogP contribution in [0.5, 0.6) is 0 Å². The molecule has 1 aliphatic heterocycles. The molecule has 0 bridgehead atoms. The normalized spacial score (nSPS) is 19.7. The van der Waals surface area contributed by atoms with Gasteiger partial charge in [0, 0.05) is 32.0 Å². The van der Waals surface area contributed by atoms with Crippen molar-refractivity contribution in [3.05, 3.63) is 36.0 Å². The molecular weight excluding hydrogens is 480 g/mol. The number of nitrogens with zero attached hydrogens (tertiary/aromatic N) is 1. The Morgan fingerprint density at radius 1 is 1.18 bits per heavy atom. The summed E-state index contributed by atoms with van der Waals surface area (Å²) in [5.41, 5.74) is 1.89. The smallest absolute Gasteiger partial charge is 0.408 e. The van der Waals surface area contributed by atoms with Crippen molar-refractivity contribution in [2.75, 3.05) is 13.7 Å². The highest BCUT2D eigenvalue weighted by Gasteiger charge is 2.42. The number of aryl methyl sites for hydroxylation is 1. The third kappa shape index (κ3) is 8.23. The molecule has 1 N–H and O–H groups in total. The molecule has 1 saturated heterocycles. The lowest BCUT2D eigenvalue weighted by molar-refractivity contribution is -0.146. The molecule has 1 aromatic carbocycles. The van der Waals surface area contributed by atoms with Gasteiger partial charge >= 0.3 is 12.1 Å². The van der Waals surface area contributed by atoms with Crippen molar-refractivity contribution in [2.24, 2.45) is 23.7 Å². The number of ether oxygens (including phenoxy) is 3. The zero-order valence-corrected chi connectivity index (χ0v) is 24.6. The second kappa shape index (κ2) is 13.0. The van der Waals surface area contributed by atoms with E-state index in [9.17, 15) is 9.59 Å². The predicted octanol–water partition coefficient (Wildman–Crippen LogP) is 6.36. The topological polar surface area (TPSA) is 78.8 Å². The van der Waals surface area contributed by atoms with Crippen LogP contribution in [0.25, 0.3) is 10.9 Å². The fourth-order valence-corrected chi connectivity index (χ4v) is 5.34. The van der Waals surface area contributed by atoms with Gasteiger partial charge in [0.1, 0.15) is 11.7 Å². The summed E-state index contributed by atoms with van der Waals surface area (Å²) in [6.45, 7) is 15.7. The van der Waals surface area contributed by atoms with Crippen LogP contribution in [-0.4, -0.2) is 48.1 Å². The number of methoxy groups -OCH3 is 1. The van der Waals surface area contributed by atoms with E-state index in [2.05, 4.69) is 54.2 Å². The first-order valence-corrected chi connectivity index (χ1v) is 14.1. The Morgan fingerprint density at radius 3 is 2.53 bits per heavy atom. The number of rotatable bonds is 12. The number of carbonyl (C=O) groups is 2. The first-order chi connectivity index (χ1) is 17.9. The Morgan fingerprint density at radius 2 is 1.92 bits per heavy atom. The molecule has 0 saturated carbocycles. The Hall–Kier alpha value is -2.54. The number of benzene rings is 1. The number of hydrogen-bond acceptors (Lipinski definition) is 5. The van der Waals surface area contributed by atoms with Crippen LogP contribution in [0.2, 0.25) is 0 Å². The largest absolute Gasteiger partial charge is 0.460 e. The van der Waals surface area contributed by atoms with E-state index in [1.165, 1.54) is 16.5 Å². The van der Waals surface area contributed by atoms with Crippen molar-refractivity contribution in [3.8, 4) is 0 Å². The van der Waals surface area contributed by atoms with Gasteiger partial charge in [-0.2, -0.15) is 0 Å². The van der Waals surface area contributed by atoms with Crippen molar-refractivity contribution >= 4 is 23.0 Å². The summed E-state index contributed by atoms with van der Waals surface area (Å²) in [7, 11) is 1.73. The molecule has 2 heterocycles. The van der Waals surface area contributed by atoms with Gasteiger partial charge in [-0.1, -0.05) is 39.8 Å². The van der Waals surface area contributed by atoms with E-state index < -0.39 is 11.7 Å². The second-order valence-electron chi connectivity index (χ2n) is 12.5. The van der Waals surface area contributed by atoms with Gasteiger partial charge in [0.2, 0.25) is 0 Å². The fourth-order valence-electron chi connectivity index (χ4n) is 5.34. The molecular formula is C31H48N2O5. The first-order valence-electron chi connectivity index (χ1n) is 14.1. The first kappa shape index (κ1) is 30.0. The lowest BCUT2D eigenvalue weighted by Gasteiger charge is -2.31. The van der Waals surface area contributed by atoms with E-state index in [-0.39, 0.29) is 35.9 Å². The zero-order valence-electron chi connectivity index (χ0n) is 24.6. The number of carbonyl (C=O) groups excluding carboxylic acids is 2. The number of esters is 1. The minimum atomic E-state index is -0.605. The van der Waals surface area contributed by atoms with Crippen molar-refractivity contribution < 1.29 is 23.8 Å². The van der Waals surface area contributed by atoms with Crippen molar-refractivity contribution in [1.29, 1.82) is 0 Å². The summed E-state index contributed by atoms with van der Waals surface area (Å²) in [4.78, 5) is 25.4. The van der Waals surface area contributed by atoms with Crippen LogP contribution in [0.3, 0.4) is 0 Å². The van der Waals surface area contributed by atoms with Crippen LogP contribution in [0.15, 0.2) is 30.5 Å². The predicted molar refractivity (Wildman–Crippen MR) is 151 cm³/mol. The van der Waals surface area contributed by atoms with Crippen molar-refractivity contribution in [1.82, 2.24) is 9.88 Å². The van der Waals surface area contributed by atoms with E-state index in [1.54, 1.807) is 7.11 Å². The van der Waals surface area contributed by atoms with Crippen LogP contribution in [0, 0.1) is 23.7 Å². The van der Waals surface area contributed by atoms with Gasteiger partial charge in [0.25, 0.3) is 0 Å². The fraction of sp³-hybridized carbons (Fsp3) is 0.677. The second-order valence-corrected chi connectivity index (χ2v) is 12.5. The molecule has 2 unspecified atom stereocenters. The standard InChI is InChI=1S/C31H48N2O5/c1-20(2)24(16-22-10-11-23-12-14-33(27(23)17-22)13-9-15-36-8)18-26(32-30(35)38-31(5,6)7)28-19-25(21(3)4)29(34)37-28/h10-12,14,17,20-21,24-26,28H,9,13,15-16,18-19H2,1-8H3,(H,32,35)/t24-,25?,26-,28?/m0/s1. The Balaban J connectivity index is 1.80. The number of amides is 1. The van der Waals surface area contributed by atoms with E-state index >= 15 is 0 Å². The van der Waals surface area contributed by atoms with Crippen LogP contribution in [-0.2, 0) is 32.0 Å². The number of alkyl carbamates (subject to hydrolysis) is 1. The SMILES string of the molecule is COCCCn1ccc2ccc(C[C@@H](C[C@H](NC(=O)OC(C)(C)C)C3CC(C(C)C)C(=O)O3)C(C)C)cc21. The minimum Gasteiger partial charge on any atom is -0.460 e. The molecule has 0 radical (unpaired) electrons. The molecule has 212 valence electrons. The minimum absolute atomic E-state index is 0.145. The molecule has 1 amide bonds. The van der Waals surface area contributed by atoms with Crippen molar-refractivity contribution in [3.63, 3.8) is 0 Å². The van der Waals surface area contributed by atoms with Gasteiger partial charge in [-0.15, -0.1) is 0 Å². The van der Waals surface area contributed by atoms with Crippen LogP contribution in [0.4, 0.5) is 4.79 Å². The molecule has 7 heteroatoms. The highest BCUT2D eigenvalue weighted by Crippen LogP contribution is 2.33. The Kier molecular flexibility index (Phi) is 10.3. The van der Waals surface area contributed by atoms with Gasteiger partial charge in [0.15, 0.2) is 0 Å². The maximum absolute atomic E-state index is 12.8. The molecule has 7 nitrogen and oxygen atoms in total. The number of hydrogen-bond donors (Lipinski definition) is 1. The summed E-state index contributed by atoms with van der Waals surface area (Å²) in [5, 5.41) is 4.31. The Labute approximate surface area is 228 Å². The molecule has 1 aliphatic rings. The van der Waals surface area contributed by atoms with E-state index in [1.807, 2.05) is 34.6 Å². The maximum Gasteiger partial charge on any atom is 0.408 e. The summed E-state index contributed by atoms with van der Waals surface area (Å²) >= 11 is 0. The van der Waals surface area contributed by atoms with Gasteiger partial charge in [0.05, 0.1) is 12.0 Å². The molecule has 2 aromatic rings. The van der Waals surface area contributed by atoms with Gasteiger partial charge in [-0.25, -0.2) is 4.79 Å². The van der Waals surface area contributed by atoms with Gasteiger partial charge in [-0.3, -0.25) is 4.79 Å². The van der Waals surface area contributed by atoms with E-state index in [4.69, 9.17) is 14.2 Å². The molecule has 4 atom stereocenters. The van der Waals surface area contributed by atoms with E-state index in [0.717, 1.165) is 26.0 Å². The summed E-state index contributed by atoms with van der Waals surface area (Å²) in [6.07, 6.45) is 4.47. The lowest BCUT2D eigenvalue weighted by Crippen LogP contribution is -2.47. The third-order valence-corrected chi connectivity index (χ3v) is 7.60. The summed E-state index contributed by atoms with van der Waals surface area (Å²) < 4.78 is 18.9. The average Bonchev–Trinajstić information content (AvgIpc) is 3.40. The van der Waals surface area contributed by atoms with Crippen LogP contribution >= 0.6 is 0 Å². The number of aromatic nitrogens is 1. The molecule has 38 heavy (non-hydrogen) atoms. The van der Waals surface area contributed by atoms with Crippen LogP contribution in [0.1, 0.15) is 73.3 Å². The molecule has 0 spiro atoms. The number of fused-ring (bicyclic) bond motifs is 1. The zero-order chi connectivity index (χ0) is 28.0. The highest BCUT2D eigenvalue weighted by molar-refractivity contribution is 5.81. The average molecular weight is 529 g/mol. The van der Waals surface area contributed by atoms with Crippen LogP contribution < -0.4 is 5.32 Å². The summed E-state index contributed by atoms with van der Waals surface area (Å²) in [6, 6.07) is 8.53. The Bertz CT molecular complexity index is 1070. The quantitative estimate of drug-likeness (QED) is 0.256. The maximum atomic E-state index is 12.8. The monoisotopic (exact) mass is 528 g/mol. The van der Waals surface area contributed by atoms with Crippen molar-refractivity contribution in [2.45, 2.75) is 98.4 Å². The number of nitrogens with one attached hydrogen (secondary N) is 1. The number of cyclic esters (lactones) is 1. The van der Waals surface area contributed by atoms with Gasteiger partial charge in [-0.05, 0) is 87.3 Å². The molecule has 1 aromatic heterocycles. The molecule has 0 aliphatic carbocycles. The van der Waals surface area contributed by atoms with E-state index in [0.29, 0.717) is 18.8 Å². The molecule has 3 rings (SSSR count). The third-order valence-electron chi connectivity index (χ3n) is 7.60. The lowest BCUT2D eigenvalue weighted by atomic mass is 9.81. The van der Waals surface area contributed by atoms with Gasteiger partial charge < -0.3 is 24.1 Å². The molecule has 1 fully saturated rings. The summed E-state index contributed by atoms with van der Waals surface area (Å²) in [5.74, 6) is 0.541. The highest BCUT2D eigenvalue weighted by atomic mass is 16.6.